The molecule has 1 saturated heterocycles. The molecule has 182 valence electrons. The van der Waals surface area contributed by atoms with E-state index >= 15 is 0 Å². The first-order valence-electron chi connectivity index (χ1n) is 11.4. The van der Waals surface area contributed by atoms with Crippen molar-refractivity contribution < 1.29 is 19.0 Å². The zero-order valence-electron chi connectivity index (χ0n) is 20.1. The predicted octanol–water partition coefficient (Wildman–Crippen LogP) is 4.73. The molecule has 0 amide bonds. The quantitative estimate of drug-likeness (QED) is 0.499. The molecule has 34 heavy (non-hydrogen) atoms. The van der Waals surface area contributed by atoms with Gasteiger partial charge in [0.05, 0.1) is 31.5 Å². The normalized spacial score (nSPS) is 18.6. The average Bonchev–Trinajstić information content (AvgIpc) is 3.18. The molecule has 8 heteroatoms. The van der Waals surface area contributed by atoms with E-state index in [1.54, 1.807) is 13.2 Å². The van der Waals surface area contributed by atoms with E-state index in [0.29, 0.717) is 38.8 Å². The fourth-order valence-electron chi connectivity index (χ4n) is 4.87. The number of hydrogen-bond acceptors (Lipinski definition) is 7. The first-order chi connectivity index (χ1) is 16.3. The van der Waals surface area contributed by atoms with Crippen molar-refractivity contribution in [3.8, 4) is 22.8 Å². The van der Waals surface area contributed by atoms with E-state index in [1.807, 2.05) is 39.1 Å². The largest absolute Gasteiger partial charge is 0.496 e. The van der Waals surface area contributed by atoms with Crippen LogP contribution in [-0.2, 0) is 0 Å². The fourth-order valence-corrected chi connectivity index (χ4v) is 5.14. The number of rotatable bonds is 7. The zero-order chi connectivity index (χ0) is 24.6. The van der Waals surface area contributed by atoms with Gasteiger partial charge in [-0.2, -0.15) is 0 Å². The number of ether oxygens (including phenoxy) is 2. The van der Waals surface area contributed by atoms with E-state index < -0.39 is 0 Å². The number of hydrogen-bond donors (Lipinski definition) is 2. The Morgan fingerprint density at radius 3 is 2.62 bits per heavy atom. The third kappa shape index (κ3) is 4.24. The molecule has 1 aromatic heterocycles. The highest BCUT2D eigenvalue weighted by Gasteiger charge is 2.37. The van der Waals surface area contributed by atoms with Crippen LogP contribution < -0.4 is 20.2 Å². The van der Waals surface area contributed by atoms with Crippen LogP contribution in [0.3, 0.4) is 0 Å². The minimum atomic E-state index is -0.234. The van der Waals surface area contributed by atoms with Crippen molar-refractivity contribution >= 4 is 28.3 Å². The van der Waals surface area contributed by atoms with Crippen molar-refractivity contribution in [3.05, 3.63) is 51.1 Å². The molecular formula is C26H31ClN2O5. The summed E-state index contributed by atoms with van der Waals surface area (Å²) in [5, 5.41) is 14.3. The Labute approximate surface area is 204 Å². The smallest absolute Gasteiger partial charge is 0.197 e. The monoisotopic (exact) mass is 486 g/mol. The topological polar surface area (TPSA) is 84.2 Å². The van der Waals surface area contributed by atoms with Gasteiger partial charge in [0.2, 0.25) is 0 Å². The summed E-state index contributed by atoms with van der Waals surface area (Å²) in [7, 11) is 5.07. The molecule has 0 spiro atoms. The minimum Gasteiger partial charge on any atom is -0.496 e. The van der Waals surface area contributed by atoms with Gasteiger partial charge >= 0.3 is 0 Å². The summed E-state index contributed by atoms with van der Waals surface area (Å²) in [5.41, 5.74) is 2.30. The lowest BCUT2D eigenvalue weighted by Crippen LogP contribution is -2.32. The van der Waals surface area contributed by atoms with Crippen molar-refractivity contribution in [1.82, 2.24) is 4.90 Å². The summed E-state index contributed by atoms with van der Waals surface area (Å²) in [5.74, 6) is 1.22. The summed E-state index contributed by atoms with van der Waals surface area (Å²) in [6, 6.07) is 8.83. The number of aliphatic hydroxyl groups excluding tert-OH is 1. The molecule has 1 fully saturated rings. The Hall–Kier alpha value is -2.74. The molecule has 0 aliphatic carbocycles. The highest BCUT2D eigenvalue weighted by molar-refractivity contribution is 6.35. The van der Waals surface area contributed by atoms with Crippen LogP contribution >= 0.6 is 11.6 Å². The molecule has 0 radical (unpaired) electrons. The second-order valence-electron chi connectivity index (χ2n) is 8.97. The first kappa shape index (κ1) is 24.4. The Morgan fingerprint density at radius 1 is 1.24 bits per heavy atom. The van der Waals surface area contributed by atoms with Gasteiger partial charge in [-0.05, 0) is 46.0 Å². The van der Waals surface area contributed by atoms with E-state index in [-0.39, 0.29) is 30.0 Å². The summed E-state index contributed by atoms with van der Waals surface area (Å²) < 4.78 is 17.7. The lowest BCUT2D eigenvalue weighted by atomic mass is 9.89. The third-order valence-corrected chi connectivity index (χ3v) is 6.90. The van der Waals surface area contributed by atoms with Crippen molar-refractivity contribution in [1.29, 1.82) is 0 Å². The van der Waals surface area contributed by atoms with Crippen LogP contribution in [0.2, 0.25) is 5.02 Å². The van der Waals surface area contributed by atoms with E-state index in [2.05, 4.69) is 10.2 Å². The van der Waals surface area contributed by atoms with Crippen LogP contribution in [0.1, 0.15) is 31.7 Å². The van der Waals surface area contributed by atoms with Gasteiger partial charge in [-0.1, -0.05) is 17.7 Å². The average molecular weight is 487 g/mol. The number of halogens is 1. The van der Waals surface area contributed by atoms with Crippen molar-refractivity contribution in [2.45, 2.75) is 38.3 Å². The van der Waals surface area contributed by atoms with Gasteiger partial charge in [-0.3, -0.25) is 4.79 Å². The van der Waals surface area contributed by atoms with Gasteiger partial charge in [0.15, 0.2) is 5.43 Å². The molecule has 3 aromatic rings. The second kappa shape index (κ2) is 9.86. The molecule has 0 unspecified atom stereocenters. The maximum Gasteiger partial charge on any atom is 0.197 e. The highest BCUT2D eigenvalue weighted by atomic mass is 35.5. The van der Waals surface area contributed by atoms with E-state index in [0.717, 1.165) is 24.2 Å². The van der Waals surface area contributed by atoms with Crippen LogP contribution in [0.15, 0.2) is 39.5 Å². The third-order valence-electron chi connectivity index (χ3n) is 6.50. The zero-order valence-corrected chi connectivity index (χ0v) is 20.9. The summed E-state index contributed by atoms with van der Waals surface area (Å²) >= 11 is 6.73. The minimum absolute atomic E-state index is 0.0173. The molecule has 2 atom stereocenters. The van der Waals surface area contributed by atoms with Gasteiger partial charge in [-0.25, -0.2) is 0 Å². The van der Waals surface area contributed by atoms with E-state index in [1.165, 1.54) is 13.2 Å². The maximum atomic E-state index is 13.4. The van der Waals surface area contributed by atoms with E-state index in [9.17, 15) is 9.90 Å². The van der Waals surface area contributed by atoms with Crippen LogP contribution in [0.4, 0.5) is 5.69 Å². The van der Waals surface area contributed by atoms with Crippen LogP contribution in [0, 0.1) is 0 Å². The van der Waals surface area contributed by atoms with Gasteiger partial charge in [0.25, 0.3) is 0 Å². The molecule has 0 bridgehead atoms. The summed E-state index contributed by atoms with van der Waals surface area (Å²) in [6.45, 7) is 4.85. The van der Waals surface area contributed by atoms with Gasteiger partial charge in [-0.15, -0.1) is 0 Å². The Balaban J connectivity index is 2.01. The first-order valence-corrected chi connectivity index (χ1v) is 11.8. The molecule has 0 saturated carbocycles. The molecule has 7 nitrogen and oxygen atoms in total. The van der Waals surface area contributed by atoms with Crippen molar-refractivity contribution in [2.75, 3.05) is 39.7 Å². The Kier molecular flexibility index (Phi) is 7.07. The number of likely N-dealkylation sites (tertiary alicyclic amines) is 1. The Bertz CT molecular complexity index is 1260. The molecule has 2 aromatic carbocycles. The lowest BCUT2D eigenvalue weighted by molar-refractivity contribution is 0.171. The molecule has 2 N–H and O–H groups in total. The molecule has 1 aliphatic heterocycles. The number of methoxy groups -OCH3 is 2. The predicted molar refractivity (Wildman–Crippen MR) is 136 cm³/mol. The van der Waals surface area contributed by atoms with Crippen LogP contribution in [0.25, 0.3) is 22.3 Å². The molecule has 1 aliphatic rings. The number of fused-ring (bicyclic) bond motifs is 1. The number of likely N-dealkylation sites (N-methyl/N-ethyl adjacent to an activating group) is 1. The molecule has 2 heterocycles. The van der Waals surface area contributed by atoms with Crippen LogP contribution in [0.5, 0.6) is 11.5 Å². The van der Waals surface area contributed by atoms with Crippen molar-refractivity contribution in [3.63, 3.8) is 0 Å². The highest BCUT2D eigenvalue weighted by Crippen LogP contribution is 2.45. The van der Waals surface area contributed by atoms with Gasteiger partial charge in [0, 0.05) is 41.3 Å². The lowest BCUT2D eigenvalue weighted by Gasteiger charge is -2.25. The van der Waals surface area contributed by atoms with Crippen LogP contribution in [-0.4, -0.2) is 56.5 Å². The van der Waals surface area contributed by atoms with E-state index in [4.69, 9.17) is 25.5 Å². The summed E-state index contributed by atoms with van der Waals surface area (Å²) in [4.78, 5) is 15.5. The number of anilines is 1. The Morgan fingerprint density at radius 2 is 1.97 bits per heavy atom. The SMILES string of the molecule is COc1cc(OC)c2c(=O)cc(-c3cccc(NC(C)C)c3Cl)oc2c1[C@@H]1CCN(C)[C@H]1CO. The second-order valence-corrected chi connectivity index (χ2v) is 9.34. The molecular weight excluding hydrogens is 456 g/mol. The number of aliphatic hydroxyl groups is 1. The number of nitrogens with one attached hydrogen (secondary N) is 1. The van der Waals surface area contributed by atoms with Gasteiger partial charge in [0.1, 0.15) is 28.2 Å². The molecule has 4 rings (SSSR count). The number of nitrogens with zero attached hydrogens (tertiary/aromatic N) is 1. The standard InChI is InChI=1S/C26H31ClN2O5/c1-14(2)28-17-8-6-7-16(25(17)27)20-11-19(31)24-22(33-5)12-21(32-4)23(26(24)34-20)15-9-10-29(3)18(15)13-30/h6-8,11-12,14-15,18,28,30H,9-10,13H2,1-5H3/t15-,18+/m1/s1. The van der Waals surface area contributed by atoms with Crippen molar-refractivity contribution in [2.24, 2.45) is 0 Å². The maximum absolute atomic E-state index is 13.4. The fraction of sp³-hybridized carbons (Fsp3) is 0.423. The van der Waals surface area contributed by atoms with Gasteiger partial charge < -0.3 is 29.2 Å². The number of benzene rings is 2. The summed E-state index contributed by atoms with van der Waals surface area (Å²) in [6.07, 6.45) is 0.794.